The number of anilines is 1. The number of aromatic nitrogens is 1. The van der Waals surface area contributed by atoms with Gasteiger partial charge < -0.3 is 10.1 Å². The summed E-state index contributed by atoms with van der Waals surface area (Å²) in [6, 6.07) is 14.5. The van der Waals surface area contributed by atoms with Gasteiger partial charge in [0.1, 0.15) is 0 Å². The molecule has 0 spiro atoms. The van der Waals surface area contributed by atoms with Crippen LogP contribution in [0, 0.1) is 0 Å². The van der Waals surface area contributed by atoms with E-state index in [-0.39, 0.29) is 0 Å². The van der Waals surface area contributed by atoms with Gasteiger partial charge in [-0.1, -0.05) is 48.9 Å². The van der Waals surface area contributed by atoms with Gasteiger partial charge >= 0.3 is 5.97 Å². The molecule has 31 heavy (non-hydrogen) atoms. The molecule has 0 aliphatic carbocycles. The third-order valence-electron chi connectivity index (χ3n) is 5.35. The minimum absolute atomic E-state index is 0.395. The van der Waals surface area contributed by atoms with Crippen LogP contribution in [-0.4, -0.2) is 41.5 Å². The van der Waals surface area contributed by atoms with Crippen LogP contribution in [0.3, 0.4) is 0 Å². The lowest BCUT2D eigenvalue weighted by atomic mass is 9.95. The van der Waals surface area contributed by atoms with Gasteiger partial charge in [0.2, 0.25) is 0 Å². The minimum atomic E-state index is -0.512. The molecule has 1 aromatic heterocycles. The normalized spacial score (nSPS) is 13.6. The first-order chi connectivity index (χ1) is 15.1. The van der Waals surface area contributed by atoms with Gasteiger partial charge in [-0.3, -0.25) is 14.7 Å². The summed E-state index contributed by atoms with van der Waals surface area (Å²) in [6.45, 7) is 4.27. The van der Waals surface area contributed by atoms with E-state index >= 15 is 0 Å². The number of hydrogen-bond acceptors (Lipinski definition) is 5. The second-order valence-electron chi connectivity index (χ2n) is 7.56. The first kappa shape index (κ1) is 21.3. The van der Waals surface area contributed by atoms with E-state index in [0.717, 1.165) is 48.1 Å². The quantitative estimate of drug-likeness (QED) is 0.577. The second-order valence-corrected chi connectivity index (χ2v) is 7.97. The molecule has 1 N–H and O–H groups in total. The molecule has 2 aromatic carbocycles. The Kier molecular flexibility index (Phi) is 6.49. The van der Waals surface area contributed by atoms with Crippen molar-refractivity contribution >= 4 is 40.1 Å². The van der Waals surface area contributed by atoms with Crippen molar-refractivity contribution < 1.29 is 14.3 Å². The molecular weight excluding hydrogens is 414 g/mol. The first-order valence-electron chi connectivity index (χ1n) is 10.4. The maximum Gasteiger partial charge on any atom is 0.339 e. The van der Waals surface area contributed by atoms with E-state index in [2.05, 4.69) is 17.1 Å². The highest BCUT2D eigenvalue weighted by Gasteiger charge is 2.26. The monoisotopic (exact) mass is 437 g/mol. The Morgan fingerprint density at radius 2 is 1.94 bits per heavy atom. The minimum Gasteiger partial charge on any atom is -0.452 e. The standard InChI is InChI=1S/C24H24ClN3O3/c1-2-12-28-13-11-20-17(14-28)23(16-7-3-5-9-19(16)26-20)24(30)31-15-22(29)27-21-10-6-4-8-18(21)25/h3-10H,2,11-15H2,1H3,(H,27,29). The first-order valence-corrected chi connectivity index (χ1v) is 10.8. The molecule has 0 saturated carbocycles. The van der Waals surface area contributed by atoms with Crippen LogP contribution in [-0.2, 0) is 22.5 Å². The number of rotatable bonds is 6. The SMILES string of the molecule is CCCN1CCc2nc3ccccc3c(C(=O)OCC(=O)Nc3ccccc3Cl)c2C1. The van der Waals surface area contributed by atoms with Gasteiger partial charge in [-0.25, -0.2) is 4.79 Å². The molecule has 0 radical (unpaired) electrons. The van der Waals surface area contributed by atoms with E-state index in [0.29, 0.717) is 22.8 Å². The van der Waals surface area contributed by atoms with Crippen LogP contribution < -0.4 is 5.32 Å². The number of pyridine rings is 1. The number of halogens is 1. The van der Waals surface area contributed by atoms with Crippen LogP contribution in [0.1, 0.15) is 35.0 Å². The van der Waals surface area contributed by atoms with Gasteiger partial charge in [0.15, 0.2) is 6.61 Å². The predicted octanol–water partition coefficient (Wildman–Crippen LogP) is 4.45. The Bertz CT molecular complexity index is 1130. The molecule has 7 heteroatoms. The summed E-state index contributed by atoms with van der Waals surface area (Å²) in [5.74, 6) is -0.955. The summed E-state index contributed by atoms with van der Waals surface area (Å²) in [5.41, 5.74) is 3.57. The molecule has 0 saturated heterocycles. The Balaban J connectivity index is 1.57. The van der Waals surface area contributed by atoms with Crippen molar-refractivity contribution in [2.24, 2.45) is 0 Å². The molecule has 1 aliphatic rings. The fourth-order valence-corrected chi connectivity index (χ4v) is 4.12. The molecule has 160 valence electrons. The molecule has 1 aliphatic heterocycles. The number of nitrogens with zero attached hydrogens (tertiary/aromatic N) is 2. The third-order valence-corrected chi connectivity index (χ3v) is 5.68. The van der Waals surface area contributed by atoms with E-state index in [1.807, 2.05) is 24.3 Å². The van der Waals surface area contributed by atoms with E-state index in [1.165, 1.54) is 0 Å². The van der Waals surface area contributed by atoms with E-state index < -0.39 is 18.5 Å². The summed E-state index contributed by atoms with van der Waals surface area (Å²) in [4.78, 5) is 32.6. The predicted molar refractivity (Wildman–Crippen MR) is 121 cm³/mol. The van der Waals surface area contributed by atoms with Crippen molar-refractivity contribution in [1.82, 2.24) is 9.88 Å². The number of ether oxygens (including phenoxy) is 1. The van der Waals surface area contributed by atoms with Gasteiger partial charge in [0, 0.05) is 36.2 Å². The topological polar surface area (TPSA) is 71.5 Å². The highest BCUT2D eigenvalue weighted by atomic mass is 35.5. The molecule has 0 atom stereocenters. The number of amides is 1. The van der Waals surface area contributed by atoms with Gasteiger partial charge in [-0.15, -0.1) is 0 Å². The van der Waals surface area contributed by atoms with Crippen LogP contribution in [0.5, 0.6) is 0 Å². The maximum absolute atomic E-state index is 13.1. The molecule has 6 nitrogen and oxygen atoms in total. The zero-order valence-electron chi connectivity index (χ0n) is 17.4. The molecule has 0 fully saturated rings. The number of carbonyl (C=O) groups excluding carboxylic acids is 2. The Labute approximate surface area is 186 Å². The summed E-state index contributed by atoms with van der Waals surface area (Å²) in [5, 5.41) is 3.84. The largest absolute Gasteiger partial charge is 0.452 e. The molecule has 1 amide bonds. The zero-order valence-corrected chi connectivity index (χ0v) is 18.1. The number of para-hydroxylation sites is 2. The molecule has 3 aromatic rings. The number of benzene rings is 2. The van der Waals surface area contributed by atoms with Crippen LogP contribution in [0.25, 0.3) is 10.9 Å². The number of esters is 1. The number of nitrogens with one attached hydrogen (secondary N) is 1. The van der Waals surface area contributed by atoms with Crippen LogP contribution in [0.15, 0.2) is 48.5 Å². The fraction of sp³-hybridized carbons (Fsp3) is 0.292. The lowest BCUT2D eigenvalue weighted by Crippen LogP contribution is -2.33. The van der Waals surface area contributed by atoms with E-state index in [9.17, 15) is 9.59 Å². The van der Waals surface area contributed by atoms with Crippen LogP contribution in [0.4, 0.5) is 5.69 Å². The van der Waals surface area contributed by atoms with Gasteiger partial charge in [0.05, 0.1) is 21.8 Å². The highest BCUT2D eigenvalue weighted by molar-refractivity contribution is 6.33. The summed E-state index contributed by atoms with van der Waals surface area (Å²) in [7, 11) is 0. The molecule has 4 rings (SSSR count). The van der Waals surface area contributed by atoms with Gasteiger partial charge in [-0.05, 0) is 31.2 Å². The maximum atomic E-state index is 13.1. The van der Waals surface area contributed by atoms with Crippen molar-refractivity contribution in [1.29, 1.82) is 0 Å². The Morgan fingerprint density at radius 1 is 1.16 bits per heavy atom. The molecular formula is C24H24ClN3O3. The summed E-state index contributed by atoms with van der Waals surface area (Å²) in [6.07, 6.45) is 1.83. The summed E-state index contributed by atoms with van der Waals surface area (Å²) >= 11 is 6.08. The fourth-order valence-electron chi connectivity index (χ4n) is 3.94. The molecule has 0 bridgehead atoms. The summed E-state index contributed by atoms with van der Waals surface area (Å²) < 4.78 is 5.43. The van der Waals surface area contributed by atoms with Crippen molar-refractivity contribution in [3.05, 3.63) is 70.4 Å². The zero-order chi connectivity index (χ0) is 21.8. The molecule has 2 heterocycles. The number of carbonyl (C=O) groups is 2. The average molecular weight is 438 g/mol. The van der Waals surface area contributed by atoms with E-state index in [4.69, 9.17) is 21.3 Å². The smallest absolute Gasteiger partial charge is 0.339 e. The molecule has 0 unspecified atom stereocenters. The van der Waals surface area contributed by atoms with Crippen molar-refractivity contribution in [3.8, 4) is 0 Å². The van der Waals surface area contributed by atoms with Gasteiger partial charge in [-0.2, -0.15) is 0 Å². The van der Waals surface area contributed by atoms with Crippen molar-refractivity contribution in [2.45, 2.75) is 26.3 Å². The van der Waals surface area contributed by atoms with Gasteiger partial charge in [0.25, 0.3) is 5.91 Å². The Morgan fingerprint density at radius 3 is 2.74 bits per heavy atom. The lowest BCUT2D eigenvalue weighted by Gasteiger charge is -2.29. The third kappa shape index (κ3) is 4.70. The van der Waals surface area contributed by atoms with Crippen LogP contribution >= 0.6 is 11.6 Å². The lowest BCUT2D eigenvalue weighted by molar-refractivity contribution is -0.119. The van der Waals surface area contributed by atoms with E-state index in [1.54, 1.807) is 24.3 Å². The van der Waals surface area contributed by atoms with Crippen LogP contribution in [0.2, 0.25) is 5.02 Å². The number of fused-ring (bicyclic) bond motifs is 2. The average Bonchev–Trinajstić information content (AvgIpc) is 2.77. The second kappa shape index (κ2) is 9.45. The van der Waals surface area contributed by atoms with Crippen molar-refractivity contribution in [3.63, 3.8) is 0 Å². The number of hydrogen-bond donors (Lipinski definition) is 1. The highest BCUT2D eigenvalue weighted by Crippen LogP contribution is 2.29. The van der Waals surface area contributed by atoms with Crippen molar-refractivity contribution in [2.75, 3.05) is 25.0 Å². The Hall–Kier alpha value is -2.96.